The van der Waals surface area contributed by atoms with Gasteiger partial charge >= 0.3 is 0 Å². The average Bonchev–Trinajstić information content (AvgIpc) is 2.50. The Kier molecular flexibility index (Phi) is 7.10. The minimum absolute atomic E-state index is 0.909. The maximum Gasteiger partial charge on any atom is 0.0594 e. The number of aryl methyl sites for hydroxylation is 2. The van der Waals surface area contributed by atoms with E-state index >= 15 is 0 Å². The fraction of sp³-hybridized carbons (Fsp3) is 0.667. The van der Waals surface area contributed by atoms with Crippen molar-refractivity contribution in [1.82, 2.24) is 4.90 Å². The van der Waals surface area contributed by atoms with Crippen LogP contribution >= 0.6 is 0 Å². The van der Waals surface area contributed by atoms with Gasteiger partial charge in [0.05, 0.1) is 13.2 Å². The molecule has 112 valence electrons. The van der Waals surface area contributed by atoms with E-state index in [1.54, 1.807) is 0 Å². The zero-order valence-corrected chi connectivity index (χ0v) is 12.9. The van der Waals surface area contributed by atoms with E-state index < -0.39 is 0 Å². The lowest BCUT2D eigenvalue weighted by Crippen LogP contribution is -2.36. The summed E-state index contributed by atoms with van der Waals surface area (Å²) in [5.41, 5.74) is 2.98. The van der Waals surface area contributed by atoms with Gasteiger partial charge in [0.2, 0.25) is 0 Å². The summed E-state index contributed by atoms with van der Waals surface area (Å²) >= 11 is 0. The topological polar surface area (TPSA) is 12.5 Å². The molecule has 1 aromatic carbocycles. The minimum Gasteiger partial charge on any atom is -0.379 e. The van der Waals surface area contributed by atoms with E-state index in [2.05, 4.69) is 36.1 Å². The first-order chi connectivity index (χ1) is 9.88. The number of nitrogens with zero attached hydrogens (tertiary/aromatic N) is 1. The van der Waals surface area contributed by atoms with E-state index in [4.69, 9.17) is 4.74 Å². The number of benzene rings is 1. The van der Waals surface area contributed by atoms with Gasteiger partial charge in [0.15, 0.2) is 0 Å². The SMILES string of the molecule is CCCCCc1ccc(CCCN2CCOCC2)cc1. The summed E-state index contributed by atoms with van der Waals surface area (Å²) in [6, 6.07) is 9.28. The Morgan fingerprint density at radius 3 is 2.10 bits per heavy atom. The van der Waals surface area contributed by atoms with Gasteiger partial charge in [0.25, 0.3) is 0 Å². The van der Waals surface area contributed by atoms with Crippen molar-refractivity contribution in [2.45, 2.75) is 45.4 Å². The molecule has 0 bridgehead atoms. The molecule has 2 nitrogen and oxygen atoms in total. The molecule has 0 radical (unpaired) electrons. The fourth-order valence-electron chi connectivity index (χ4n) is 2.78. The molecule has 0 saturated carbocycles. The van der Waals surface area contributed by atoms with Gasteiger partial charge in [-0.3, -0.25) is 4.90 Å². The molecule has 0 atom stereocenters. The van der Waals surface area contributed by atoms with Crippen LogP contribution in [0, 0.1) is 0 Å². The van der Waals surface area contributed by atoms with E-state index in [-0.39, 0.29) is 0 Å². The normalized spacial score (nSPS) is 16.4. The van der Waals surface area contributed by atoms with E-state index in [1.807, 2.05) is 0 Å². The van der Waals surface area contributed by atoms with Crippen LogP contribution in [0.4, 0.5) is 0 Å². The van der Waals surface area contributed by atoms with Crippen molar-refractivity contribution in [1.29, 1.82) is 0 Å². The maximum atomic E-state index is 5.38. The predicted octanol–water partition coefficient (Wildman–Crippen LogP) is 3.68. The Hall–Kier alpha value is -0.860. The summed E-state index contributed by atoms with van der Waals surface area (Å²) in [5, 5.41) is 0. The molecule has 20 heavy (non-hydrogen) atoms. The summed E-state index contributed by atoms with van der Waals surface area (Å²) in [6.45, 7) is 7.50. The largest absolute Gasteiger partial charge is 0.379 e. The van der Waals surface area contributed by atoms with Crippen molar-refractivity contribution < 1.29 is 4.74 Å². The molecular formula is C18H29NO. The fourth-order valence-corrected chi connectivity index (χ4v) is 2.78. The molecule has 0 aliphatic carbocycles. The van der Waals surface area contributed by atoms with Crippen LogP contribution < -0.4 is 0 Å². The molecule has 0 aromatic heterocycles. The van der Waals surface area contributed by atoms with Gasteiger partial charge in [-0.05, 0) is 43.4 Å². The average molecular weight is 275 g/mol. The van der Waals surface area contributed by atoms with Gasteiger partial charge in [-0.15, -0.1) is 0 Å². The Morgan fingerprint density at radius 1 is 0.900 bits per heavy atom. The second-order valence-electron chi connectivity index (χ2n) is 5.83. The highest BCUT2D eigenvalue weighted by molar-refractivity contribution is 5.22. The summed E-state index contributed by atoms with van der Waals surface area (Å²) in [4.78, 5) is 2.52. The highest BCUT2D eigenvalue weighted by Crippen LogP contribution is 2.11. The minimum atomic E-state index is 0.909. The first kappa shape index (κ1) is 15.5. The lowest BCUT2D eigenvalue weighted by Gasteiger charge is -2.26. The lowest BCUT2D eigenvalue weighted by molar-refractivity contribution is 0.0375. The van der Waals surface area contributed by atoms with Crippen molar-refractivity contribution in [2.24, 2.45) is 0 Å². The molecule has 0 unspecified atom stereocenters. The van der Waals surface area contributed by atoms with Gasteiger partial charge in [-0.1, -0.05) is 44.0 Å². The standard InChI is InChI=1S/C18H29NO/c1-2-3-4-6-17-8-10-18(11-9-17)7-5-12-19-13-15-20-16-14-19/h8-11H,2-7,12-16H2,1H3. The van der Waals surface area contributed by atoms with Gasteiger partial charge in [-0.2, -0.15) is 0 Å². The first-order valence-electron chi connectivity index (χ1n) is 8.26. The summed E-state index contributed by atoms with van der Waals surface area (Å²) < 4.78 is 5.38. The molecule has 0 spiro atoms. The summed E-state index contributed by atoms with van der Waals surface area (Å²) in [6.07, 6.45) is 7.68. The molecular weight excluding hydrogens is 246 g/mol. The summed E-state index contributed by atoms with van der Waals surface area (Å²) in [7, 11) is 0. The zero-order valence-electron chi connectivity index (χ0n) is 12.9. The molecule has 1 aliphatic heterocycles. The van der Waals surface area contributed by atoms with Crippen molar-refractivity contribution >= 4 is 0 Å². The van der Waals surface area contributed by atoms with E-state index in [9.17, 15) is 0 Å². The Labute approximate surface area is 124 Å². The number of rotatable bonds is 8. The monoisotopic (exact) mass is 275 g/mol. The lowest BCUT2D eigenvalue weighted by atomic mass is 10.0. The van der Waals surface area contributed by atoms with Crippen LogP contribution in [-0.4, -0.2) is 37.7 Å². The highest BCUT2D eigenvalue weighted by atomic mass is 16.5. The number of morpholine rings is 1. The molecule has 2 heteroatoms. The highest BCUT2D eigenvalue weighted by Gasteiger charge is 2.09. The van der Waals surface area contributed by atoms with E-state index in [0.29, 0.717) is 0 Å². The number of ether oxygens (including phenoxy) is 1. The second kappa shape index (κ2) is 9.15. The van der Waals surface area contributed by atoms with Crippen LogP contribution in [0.2, 0.25) is 0 Å². The van der Waals surface area contributed by atoms with Crippen molar-refractivity contribution in [3.63, 3.8) is 0 Å². The summed E-state index contributed by atoms with van der Waals surface area (Å²) in [5.74, 6) is 0. The van der Waals surface area contributed by atoms with Crippen molar-refractivity contribution in [3.8, 4) is 0 Å². The molecule has 1 heterocycles. The van der Waals surface area contributed by atoms with Gasteiger partial charge < -0.3 is 4.74 Å². The maximum absolute atomic E-state index is 5.38. The van der Waals surface area contributed by atoms with E-state index in [0.717, 1.165) is 26.3 Å². The van der Waals surface area contributed by atoms with Gasteiger partial charge in [-0.25, -0.2) is 0 Å². The molecule has 0 N–H and O–H groups in total. The van der Waals surface area contributed by atoms with Crippen LogP contribution in [-0.2, 0) is 17.6 Å². The van der Waals surface area contributed by atoms with Crippen LogP contribution in [0.1, 0.15) is 43.7 Å². The van der Waals surface area contributed by atoms with Gasteiger partial charge in [0.1, 0.15) is 0 Å². The zero-order chi connectivity index (χ0) is 14.0. The predicted molar refractivity (Wildman–Crippen MR) is 85.3 cm³/mol. The third-order valence-corrected chi connectivity index (χ3v) is 4.14. The number of hydrogen-bond donors (Lipinski definition) is 0. The molecule has 1 fully saturated rings. The van der Waals surface area contributed by atoms with Crippen molar-refractivity contribution in [3.05, 3.63) is 35.4 Å². The Balaban J connectivity index is 1.65. The number of unbranched alkanes of at least 4 members (excludes halogenated alkanes) is 2. The third kappa shape index (κ3) is 5.64. The molecule has 0 amide bonds. The Morgan fingerprint density at radius 2 is 1.50 bits per heavy atom. The quantitative estimate of drug-likeness (QED) is 0.671. The van der Waals surface area contributed by atoms with Crippen LogP contribution in [0.25, 0.3) is 0 Å². The smallest absolute Gasteiger partial charge is 0.0594 e. The number of hydrogen-bond acceptors (Lipinski definition) is 2. The molecule has 1 saturated heterocycles. The Bertz CT molecular complexity index is 354. The molecule has 1 aliphatic rings. The third-order valence-electron chi connectivity index (χ3n) is 4.14. The van der Waals surface area contributed by atoms with Crippen molar-refractivity contribution in [2.75, 3.05) is 32.8 Å². The van der Waals surface area contributed by atoms with E-state index in [1.165, 1.54) is 56.2 Å². The van der Waals surface area contributed by atoms with Gasteiger partial charge in [0, 0.05) is 13.1 Å². The first-order valence-corrected chi connectivity index (χ1v) is 8.26. The van der Waals surface area contributed by atoms with Crippen LogP contribution in [0.15, 0.2) is 24.3 Å². The van der Waals surface area contributed by atoms with Crippen LogP contribution in [0.5, 0.6) is 0 Å². The second-order valence-corrected chi connectivity index (χ2v) is 5.83. The molecule has 1 aromatic rings. The van der Waals surface area contributed by atoms with Crippen LogP contribution in [0.3, 0.4) is 0 Å². The molecule has 2 rings (SSSR count).